The van der Waals surface area contributed by atoms with Gasteiger partial charge in [-0.25, -0.2) is 57.4 Å². The summed E-state index contributed by atoms with van der Waals surface area (Å²) in [7, 11) is 0. The second-order valence-electron chi connectivity index (χ2n) is 15.3. The molecular weight excluding hydrogens is 648 g/mol. The highest BCUT2D eigenvalue weighted by molar-refractivity contribution is 5.34. The van der Waals surface area contributed by atoms with Crippen LogP contribution in [-0.4, -0.2) is 50.1 Å². The standard InChI is InChI=1S/C39H60N6O6/c1-4-7-19-31(40-25-46)28-16-10-13-22-34(28)43-37(49)44(35-23-14-11-17-29(35)32(41-26-47)20-8-5-2)39(51)45(38(43)50)36-24-15-12-18-30(36)33(42-27-48)21-9-6-3/h28-36H,4-24H2,1-3H3. The largest absolute Gasteiger partial charge is 0.336 e. The number of rotatable bonds is 18. The minimum Gasteiger partial charge on any atom is -0.247 e. The minimum atomic E-state index is -0.621. The van der Waals surface area contributed by atoms with E-state index in [1.807, 2.05) is 0 Å². The van der Waals surface area contributed by atoms with E-state index in [-0.39, 0.29) is 17.8 Å². The predicted molar refractivity (Wildman–Crippen MR) is 197 cm³/mol. The number of unbranched alkanes of at least 4 members (excludes halogenated alkanes) is 3. The molecule has 0 bridgehead atoms. The first-order valence-electron chi connectivity index (χ1n) is 20.1. The van der Waals surface area contributed by atoms with Gasteiger partial charge in [-0.2, -0.15) is 0 Å². The van der Waals surface area contributed by atoms with Crippen LogP contribution >= 0.6 is 0 Å². The zero-order valence-corrected chi connectivity index (χ0v) is 31.2. The second-order valence-corrected chi connectivity index (χ2v) is 15.3. The van der Waals surface area contributed by atoms with E-state index < -0.39 is 53.3 Å². The molecule has 3 aliphatic rings. The molecule has 0 N–H and O–H groups in total. The molecule has 1 aromatic heterocycles. The van der Waals surface area contributed by atoms with Crippen LogP contribution < -0.4 is 17.1 Å². The van der Waals surface area contributed by atoms with Gasteiger partial charge in [0.15, 0.2) is 0 Å². The fourth-order valence-corrected chi connectivity index (χ4v) is 9.74. The van der Waals surface area contributed by atoms with E-state index in [1.165, 1.54) is 13.7 Å². The Kier molecular flexibility index (Phi) is 16.3. The molecular formula is C39H60N6O6. The van der Waals surface area contributed by atoms with Gasteiger partial charge in [-0.3, -0.25) is 0 Å². The second kappa shape index (κ2) is 20.6. The van der Waals surface area contributed by atoms with Crippen molar-refractivity contribution >= 4 is 18.2 Å². The average molecular weight is 709 g/mol. The van der Waals surface area contributed by atoms with Gasteiger partial charge in [-0.15, -0.1) is 0 Å². The summed E-state index contributed by atoms with van der Waals surface area (Å²) in [4.78, 5) is 92.8. The third-order valence-electron chi connectivity index (χ3n) is 12.3. The molecule has 1 heterocycles. The van der Waals surface area contributed by atoms with E-state index in [4.69, 9.17) is 0 Å². The van der Waals surface area contributed by atoms with Gasteiger partial charge < -0.3 is 0 Å². The van der Waals surface area contributed by atoms with Crippen LogP contribution in [0.4, 0.5) is 0 Å². The summed E-state index contributed by atoms with van der Waals surface area (Å²) >= 11 is 0. The van der Waals surface area contributed by atoms with Gasteiger partial charge in [-0.05, 0) is 57.8 Å². The van der Waals surface area contributed by atoms with Crippen LogP contribution in [0.15, 0.2) is 29.4 Å². The predicted octanol–water partition coefficient (Wildman–Crippen LogP) is 7.05. The Morgan fingerprint density at radius 1 is 0.490 bits per heavy atom. The Hall–Kier alpha value is -3.45. The van der Waals surface area contributed by atoms with Crippen LogP contribution in [0, 0.1) is 17.8 Å². The summed E-state index contributed by atoms with van der Waals surface area (Å²) in [5.41, 5.74) is -1.86. The highest BCUT2D eigenvalue weighted by atomic mass is 16.2. The first-order chi connectivity index (χ1) is 24.9. The SMILES string of the molecule is CCCCC(N=C=O)C1CCCCC1n1c(=O)n(C2CCCCC2C(CCCC)N=C=O)c(=O)n(C2CCCCC2C(CCCC)N=C=O)c1=O. The van der Waals surface area contributed by atoms with Crippen LogP contribution in [0.3, 0.4) is 0 Å². The molecule has 3 fully saturated rings. The van der Waals surface area contributed by atoms with Crippen LogP contribution in [0.1, 0.15) is 174 Å². The molecule has 12 heteroatoms. The van der Waals surface area contributed by atoms with Crippen molar-refractivity contribution in [2.45, 2.75) is 192 Å². The van der Waals surface area contributed by atoms with Gasteiger partial charge in [0, 0.05) is 35.9 Å². The normalized spacial score (nSPS) is 26.9. The molecule has 0 amide bonds. The topological polar surface area (TPSA) is 154 Å². The van der Waals surface area contributed by atoms with Crippen molar-refractivity contribution in [2.24, 2.45) is 32.7 Å². The molecule has 0 saturated heterocycles. The van der Waals surface area contributed by atoms with Crippen LogP contribution in [0.2, 0.25) is 0 Å². The van der Waals surface area contributed by atoms with Gasteiger partial charge in [0.25, 0.3) is 0 Å². The fourth-order valence-electron chi connectivity index (χ4n) is 9.74. The quantitative estimate of drug-likeness (QED) is 0.118. The van der Waals surface area contributed by atoms with Gasteiger partial charge in [-0.1, -0.05) is 97.8 Å². The van der Waals surface area contributed by atoms with Gasteiger partial charge in [0.2, 0.25) is 18.2 Å². The molecule has 0 aliphatic heterocycles. The molecule has 1 aromatic rings. The summed E-state index contributed by atoms with van der Waals surface area (Å²) in [5, 5.41) is 0. The molecule has 4 rings (SSSR count). The zero-order valence-electron chi connectivity index (χ0n) is 31.2. The van der Waals surface area contributed by atoms with E-state index >= 15 is 14.4 Å². The number of aromatic nitrogens is 3. The van der Waals surface area contributed by atoms with Crippen molar-refractivity contribution < 1.29 is 14.4 Å². The number of hydrogen-bond donors (Lipinski definition) is 0. The third-order valence-corrected chi connectivity index (χ3v) is 12.3. The maximum absolute atomic E-state index is 15.0. The van der Waals surface area contributed by atoms with Crippen molar-refractivity contribution in [3.05, 3.63) is 31.5 Å². The number of isocyanates is 3. The maximum Gasteiger partial charge on any atom is 0.336 e. The van der Waals surface area contributed by atoms with Crippen molar-refractivity contribution in [3.8, 4) is 0 Å². The lowest BCUT2D eigenvalue weighted by molar-refractivity contribution is 0.137. The summed E-state index contributed by atoms with van der Waals surface area (Å²) in [6.07, 6.45) is 21.4. The molecule has 51 heavy (non-hydrogen) atoms. The van der Waals surface area contributed by atoms with Gasteiger partial charge >= 0.3 is 17.1 Å². The lowest BCUT2D eigenvalue weighted by Gasteiger charge is -2.40. The minimum absolute atomic E-state index is 0.241. The first-order valence-corrected chi connectivity index (χ1v) is 20.1. The van der Waals surface area contributed by atoms with Crippen molar-refractivity contribution in [3.63, 3.8) is 0 Å². The molecule has 3 saturated carbocycles. The molecule has 9 unspecified atom stereocenters. The Balaban J connectivity index is 2.01. The zero-order chi connectivity index (χ0) is 36.8. The van der Waals surface area contributed by atoms with Crippen molar-refractivity contribution in [1.29, 1.82) is 0 Å². The molecule has 12 nitrogen and oxygen atoms in total. The molecule has 0 aromatic carbocycles. The van der Waals surface area contributed by atoms with Crippen LogP contribution in [0.5, 0.6) is 0 Å². The Labute approximate surface area is 301 Å². The summed E-state index contributed by atoms with van der Waals surface area (Å²) < 4.78 is 4.03. The Morgan fingerprint density at radius 2 is 0.745 bits per heavy atom. The molecule has 3 aliphatic carbocycles. The molecule has 0 spiro atoms. The van der Waals surface area contributed by atoms with Gasteiger partial charge in [0.05, 0.1) is 18.1 Å². The fraction of sp³-hybridized carbons (Fsp3) is 0.846. The van der Waals surface area contributed by atoms with E-state index in [1.54, 1.807) is 18.2 Å². The number of aliphatic imine (C=N–C) groups is 3. The number of hydrogen-bond acceptors (Lipinski definition) is 9. The molecule has 9 atom stereocenters. The monoisotopic (exact) mass is 708 g/mol. The maximum atomic E-state index is 15.0. The van der Waals surface area contributed by atoms with Crippen LogP contribution in [-0.2, 0) is 14.4 Å². The Bertz CT molecular complexity index is 1380. The average Bonchev–Trinajstić information content (AvgIpc) is 3.14. The summed E-state index contributed by atoms with van der Waals surface area (Å²) in [5.74, 6) is -0.723. The van der Waals surface area contributed by atoms with Crippen LogP contribution in [0.25, 0.3) is 0 Å². The lowest BCUT2D eigenvalue weighted by Crippen LogP contribution is -2.60. The van der Waals surface area contributed by atoms with E-state index in [2.05, 4.69) is 35.7 Å². The highest BCUT2D eigenvalue weighted by Gasteiger charge is 2.42. The van der Waals surface area contributed by atoms with Crippen molar-refractivity contribution in [1.82, 2.24) is 13.7 Å². The van der Waals surface area contributed by atoms with Gasteiger partial charge in [0.1, 0.15) is 0 Å². The summed E-state index contributed by atoms with van der Waals surface area (Å²) in [6, 6.07) is -2.82. The molecule has 282 valence electrons. The first kappa shape index (κ1) is 40.3. The Morgan fingerprint density at radius 3 is 0.980 bits per heavy atom. The van der Waals surface area contributed by atoms with E-state index in [9.17, 15) is 14.4 Å². The van der Waals surface area contributed by atoms with Crippen molar-refractivity contribution in [2.75, 3.05) is 0 Å². The van der Waals surface area contributed by atoms with E-state index in [0.717, 1.165) is 77.0 Å². The molecule has 0 radical (unpaired) electrons. The lowest BCUT2D eigenvalue weighted by atomic mass is 9.77. The third kappa shape index (κ3) is 9.51. The number of carbonyl (C=O) groups excluding carboxylic acids is 3. The summed E-state index contributed by atoms with van der Waals surface area (Å²) in [6.45, 7) is 6.22. The highest BCUT2D eigenvalue weighted by Crippen LogP contribution is 2.41. The smallest absolute Gasteiger partial charge is 0.247 e. The van der Waals surface area contributed by atoms with E-state index in [0.29, 0.717) is 57.8 Å². The number of nitrogens with zero attached hydrogens (tertiary/aromatic N) is 6.